The van der Waals surface area contributed by atoms with E-state index in [4.69, 9.17) is 4.42 Å². The average Bonchev–Trinajstić information content (AvgIpc) is 3.34. The molecule has 0 aliphatic carbocycles. The van der Waals surface area contributed by atoms with Gasteiger partial charge in [0.2, 0.25) is 5.09 Å². The van der Waals surface area contributed by atoms with E-state index in [2.05, 4.69) is 0 Å². The second kappa shape index (κ2) is 7.41. The molecule has 1 saturated heterocycles. The number of furan rings is 1. The van der Waals surface area contributed by atoms with Crippen molar-refractivity contribution in [3.05, 3.63) is 60.2 Å². The van der Waals surface area contributed by atoms with Gasteiger partial charge in [0.05, 0.1) is 6.04 Å². The molecule has 1 atom stereocenters. The Balaban J connectivity index is 1.52. The fourth-order valence-electron chi connectivity index (χ4n) is 3.70. The molecule has 1 fully saturated rings. The molecule has 146 valence electrons. The van der Waals surface area contributed by atoms with Crippen LogP contribution in [0.2, 0.25) is 0 Å². The molecule has 0 amide bonds. The first kappa shape index (κ1) is 18.7. The molecule has 0 spiro atoms. The van der Waals surface area contributed by atoms with Crippen LogP contribution in [-0.2, 0) is 21.2 Å². The van der Waals surface area contributed by atoms with Gasteiger partial charge in [0.1, 0.15) is 11.3 Å². The van der Waals surface area contributed by atoms with Gasteiger partial charge in [-0.2, -0.15) is 4.31 Å². The van der Waals surface area contributed by atoms with Crippen molar-refractivity contribution in [2.24, 2.45) is 0 Å². The maximum atomic E-state index is 13.1. The number of hydrogen-bond donors (Lipinski definition) is 1. The monoisotopic (exact) mass is 399 g/mol. The van der Waals surface area contributed by atoms with Crippen LogP contribution in [0.1, 0.15) is 24.8 Å². The SMILES string of the molecule is O=C(CCc1cccc(O)c1)[C@@H]1CCCN1S(=O)(=O)c1cc2ccccc2o1. The number of hydrogen-bond acceptors (Lipinski definition) is 5. The molecule has 3 aromatic rings. The van der Waals surface area contributed by atoms with Gasteiger partial charge in [0, 0.05) is 24.4 Å². The molecular formula is C21H21NO5S. The lowest BCUT2D eigenvalue weighted by molar-refractivity contribution is -0.122. The molecule has 0 radical (unpaired) electrons. The topological polar surface area (TPSA) is 87.8 Å². The molecular weight excluding hydrogens is 378 g/mol. The van der Waals surface area contributed by atoms with Crippen molar-refractivity contribution in [3.8, 4) is 5.75 Å². The van der Waals surface area contributed by atoms with Crippen molar-refractivity contribution in [1.82, 2.24) is 4.31 Å². The van der Waals surface area contributed by atoms with Crippen LogP contribution in [0.25, 0.3) is 11.0 Å². The lowest BCUT2D eigenvalue weighted by atomic mass is 10.0. The molecule has 0 saturated carbocycles. The summed E-state index contributed by atoms with van der Waals surface area (Å²) in [5, 5.41) is 10.1. The van der Waals surface area contributed by atoms with Gasteiger partial charge in [-0.1, -0.05) is 30.3 Å². The largest absolute Gasteiger partial charge is 0.508 e. The molecule has 2 heterocycles. The minimum atomic E-state index is -3.88. The van der Waals surface area contributed by atoms with Crippen LogP contribution >= 0.6 is 0 Å². The summed E-state index contributed by atoms with van der Waals surface area (Å²) in [7, 11) is -3.88. The summed E-state index contributed by atoms with van der Waals surface area (Å²) in [4.78, 5) is 12.8. The van der Waals surface area contributed by atoms with Crippen LogP contribution in [-0.4, -0.2) is 36.2 Å². The number of ketones is 1. The number of Topliss-reactive ketones (excluding diaryl/α,β-unsaturated/α-hetero) is 1. The number of benzene rings is 2. The Morgan fingerprint density at radius 2 is 1.96 bits per heavy atom. The minimum absolute atomic E-state index is 0.111. The van der Waals surface area contributed by atoms with E-state index in [-0.39, 0.29) is 23.0 Å². The van der Waals surface area contributed by atoms with E-state index in [1.165, 1.54) is 10.4 Å². The van der Waals surface area contributed by atoms with Gasteiger partial charge in [-0.3, -0.25) is 4.79 Å². The fraction of sp³-hybridized carbons (Fsp3) is 0.286. The number of carbonyl (C=O) groups is 1. The Kier molecular flexibility index (Phi) is 4.95. The first-order valence-electron chi connectivity index (χ1n) is 9.26. The second-order valence-electron chi connectivity index (χ2n) is 7.01. The van der Waals surface area contributed by atoms with Gasteiger partial charge in [-0.15, -0.1) is 0 Å². The highest BCUT2D eigenvalue weighted by Gasteiger charge is 2.40. The average molecular weight is 399 g/mol. The summed E-state index contributed by atoms with van der Waals surface area (Å²) in [6.07, 6.45) is 1.84. The molecule has 2 aromatic carbocycles. The first-order valence-corrected chi connectivity index (χ1v) is 10.7. The smallest absolute Gasteiger partial charge is 0.277 e. The Hall–Kier alpha value is -2.64. The van der Waals surface area contributed by atoms with Crippen LogP contribution in [0, 0.1) is 0 Å². The molecule has 28 heavy (non-hydrogen) atoms. The summed E-state index contributed by atoms with van der Waals surface area (Å²) >= 11 is 0. The van der Waals surface area contributed by atoms with E-state index in [9.17, 15) is 18.3 Å². The maximum Gasteiger partial charge on any atom is 0.277 e. The van der Waals surface area contributed by atoms with Crippen molar-refractivity contribution in [3.63, 3.8) is 0 Å². The van der Waals surface area contributed by atoms with E-state index in [0.717, 1.165) is 5.56 Å². The van der Waals surface area contributed by atoms with Crippen LogP contribution in [0.4, 0.5) is 0 Å². The highest BCUT2D eigenvalue weighted by atomic mass is 32.2. The quantitative estimate of drug-likeness (QED) is 0.685. The summed E-state index contributed by atoms with van der Waals surface area (Å²) in [6.45, 7) is 0.307. The van der Waals surface area contributed by atoms with Crippen LogP contribution in [0.15, 0.2) is 64.1 Å². The zero-order valence-corrected chi connectivity index (χ0v) is 16.1. The Labute approximate surface area is 163 Å². The van der Waals surface area contributed by atoms with Crippen LogP contribution in [0.3, 0.4) is 0 Å². The molecule has 1 aliphatic rings. The van der Waals surface area contributed by atoms with Crippen LogP contribution < -0.4 is 0 Å². The third-order valence-corrected chi connectivity index (χ3v) is 6.88. The summed E-state index contributed by atoms with van der Waals surface area (Å²) in [5.74, 6) is 0.0421. The number of sulfonamides is 1. The number of aryl methyl sites for hydroxylation is 1. The predicted octanol–water partition coefficient (Wildman–Crippen LogP) is 3.49. The normalized spacial score (nSPS) is 17.9. The molecule has 6 nitrogen and oxygen atoms in total. The molecule has 1 aromatic heterocycles. The third kappa shape index (κ3) is 3.55. The van der Waals surface area contributed by atoms with Crippen molar-refractivity contribution in [1.29, 1.82) is 0 Å². The number of rotatable bonds is 6. The minimum Gasteiger partial charge on any atom is -0.508 e. The van der Waals surface area contributed by atoms with Gasteiger partial charge in [0.15, 0.2) is 5.78 Å². The number of fused-ring (bicyclic) bond motifs is 1. The summed E-state index contributed by atoms with van der Waals surface area (Å²) in [5.41, 5.74) is 1.35. The first-order chi connectivity index (χ1) is 13.4. The molecule has 0 bridgehead atoms. The van der Waals surface area contributed by atoms with Gasteiger partial charge < -0.3 is 9.52 Å². The van der Waals surface area contributed by atoms with Crippen LogP contribution in [0.5, 0.6) is 5.75 Å². The van der Waals surface area contributed by atoms with E-state index in [1.807, 2.05) is 12.1 Å². The fourth-order valence-corrected chi connectivity index (χ4v) is 5.33. The summed E-state index contributed by atoms with van der Waals surface area (Å²) in [6, 6.07) is 14.7. The number of para-hydroxylation sites is 1. The maximum absolute atomic E-state index is 13.1. The second-order valence-corrected chi connectivity index (χ2v) is 8.83. The van der Waals surface area contributed by atoms with Gasteiger partial charge >= 0.3 is 0 Å². The summed E-state index contributed by atoms with van der Waals surface area (Å²) < 4.78 is 33.0. The van der Waals surface area contributed by atoms with Gasteiger partial charge in [-0.05, 0) is 43.0 Å². The Morgan fingerprint density at radius 1 is 1.14 bits per heavy atom. The zero-order valence-electron chi connectivity index (χ0n) is 15.2. The number of phenols is 1. The predicted molar refractivity (Wildman–Crippen MR) is 105 cm³/mol. The van der Waals surface area contributed by atoms with E-state index in [0.29, 0.717) is 36.8 Å². The van der Waals surface area contributed by atoms with Gasteiger partial charge in [0.25, 0.3) is 10.0 Å². The number of carbonyl (C=O) groups excluding carboxylic acids is 1. The molecule has 4 rings (SSSR count). The molecule has 7 heteroatoms. The van der Waals surface area contributed by atoms with E-state index >= 15 is 0 Å². The van der Waals surface area contributed by atoms with Crippen molar-refractivity contribution >= 4 is 26.8 Å². The van der Waals surface area contributed by atoms with E-state index < -0.39 is 16.1 Å². The van der Waals surface area contributed by atoms with E-state index in [1.54, 1.807) is 36.4 Å². The third-order valence-electron chi connectivity index (χ3n) is 5.11. The molecule has 1 N–H and O–H groups in total. The number of nitrogens with zero attached hydrogens (tertiary/aromatic N) is 1. The van der Waals surface area contributed by atoms with Crippen molar-refractivity contribution in [2.45, 2.75) is 36.8 Å². The number of phenolic OH excluding ortho intramolecular Hbond substituents is 1. The number of aromatic hydroxyl groups is 1. The lowest BCUT2D eigenvalue weighted by Gasteiger charge is -2.21. The lowest BCUT2D eigenvalue weighted by Crippen LogP contribution is -2.40. The van der Waals surface area contributed by atoms with Crippen molar-refractivity contribution < 1.29 is 22.7 Å². The highest BCUT2D eigenvalue weighted by Crippen LogP contribution is 2.31. The standard InChI is InChI=1S/C21H21NO5S/c23-17-7-3-5-15(13-17)10-11-19(24)18-8-4-12-22(18)28(25,26)21-14-16-6-1-2-9-20(16)27-21/h1-3,5-7,9,13-14,18,23H,4,8,10-12H2/t18-/m0/s1. The molecule has 0 unspecified atom stereocenters. The Bertz CT molecular complexity index is 1090. The highest BCUT2D eigenvalue weighted by molar-refractivity contribution is 7.89. The van der Waals surface area contributed by atoms with Crippen molar-refractivity contribution in [2.75, 3.05) is 6.54 Å². The van der Waals surface area contributed by atoms with Gasteiger partial charge in [-0.25, -0.2) is 8.42 Å². The molecule has 1 aliphatic heterocycles. The zero-order chi connectivity index (χ0) is 19.7. The Morgan fingerprint density at radius 3 is 2.75 bits per heavy atom.